The van der Waals surface area contributed by atoms with Crippen molar-refractivity contribution >= 4 is 22.4 Å². The van der Waals surface area contributed by atoms with Crippen molar-refractivity contribution in [3.63, 3.8) is 0 Å². The SMILES string of the molecule is Cc1nnc(N2CCN(C(=O)c3cnn(-c4ccccn4)c3C)CC2)s1. The van der Waals surface area contributed by atoms with E-state index in [0.29, 0.717) is 24.5 Å². The first-order chi connectivity index (χ1) is 12.6. The molecule has 1 aliphatic heterocycles. The number of piperazine rings is 1. The van der Waals surface area contributed by atoms with Gasteiger partial charge in [0.1, 0.15) is 5.01 Å². The summed E-state index contributed by atoms with van der Waals surface area (Å²) >= 11 is 1.58. The molecule has 0 unspecified atom stereocenters. The Morgan fingerprint density at radius 1 is 1.12 bits per heavy atom. The van der Waals surface area contributed by atoms with E-state index in [1.807, 2.05) is 36.9 Å². The van der Waals surface area contributed by atoms with Gasteiger partial charge < -0.3 is 9.80 Å². The maximum Gasteiger partial charge on any atom is 0.257 e. The van der Waals surface area contributed by atoms with Crippen LogP contribution < -0.4 is 4.90 Å². The predicted molar refractivity (Wildman–Crippen MR) is 98.9 cm³/mol. The number of aryl methyl sites for hydroxylation is 1. The van der Waals surface area contributed by atoms with Crippen LogP contribution in [0.4, 0.5) is 5.13 Å². The molecule has 0 spiro atoms. The zero-order valence-electron chi connectivity index (χ0n) is 14.7. The molecular formula is C17H19N7OS. The average molecular weight is 369 g/mol. The van der Waals surface area contributed by atoms with Gasteiger partial charge in [0, 0.05) is 32.4 Å². The second-order valence-electron chi connectivity index (χ2n) is 6.13. The van der Waals surface area contributed by atoms with Crippen LogP contribution in [0.2, 0.25) is 0 Å². The molecule has 1 saturated heterocycles. The summed E-state index contributed by atoms with van der Waals surface area (Å²) in [6.07, 6.45) is 3.35. The van der Waals surface area contributed by atoms with Crippen LogP contribution in [0.3, 0.4) is 0 Å². The zero-order valence-corrected chi connectivity index (χ0v) is 15.5. The van der Waals surface area contributed by atoms with E-state index >= 15 is 0 Å². The lowest BCUT2D eigenvalue weighted by Gasteiger charge is -2.34. The van der Waals surface area contributed by atoms with Gasteiger partial charge in [0.25, 0.3) is 5.91 Å². The number of amides is 1. The first-order valence-corrected chi connectivity index (χ1v) is 9.25. The fraction of sp³-hybridized carbons (Fsp3) is 0.353. The van der Waals surface area contributed by atoms with Gasteiger partial charge >= 0.3 is 0 Å². The number of carbonyl (C=O) groups is 1. The molecule has 0 atom stereocenters. The average Bonchev–Trinajstić information content (AvgIpc) is 3.28. The Labute approximate surface area is 155 Å². The van der Waals surface area contributed by atoms with Crippen molar-refractivity contribution < 1.29 is 4.79 Å². The molecule has 9 heteroatoms. The fourth-order valence-corrected chi connectivity index (χ4v) is 3.75. The van der Waals surface area contributed by atoms with Crippen molar-refractivity contribution in [2.45, 2.75) is 13.8 Å². The second kappa shape index (κ2) is 6.83. The van der Waals surface area contributed by atoms with Crippen LogP contribution in [0.1, 0.15) is 21.1 Å². The molecule has 0 saturated carbocycles. The number of pyridine rings is 1. The molecular weight excluding hydrogens is 350 g/mol. The summed E-state index contributed by atoms with van der Waals surface area (Å²) in [7, 11) is 0. The number of aromatic nitrogens is 5. The van der Waals surface area contributed by atoms with Crippen LogP contribution in [-0.2, 0) is 0 Å². The molecule has 1 amide bonds. The minimum atomic E-state index is 0.0118. The Morgan fingerprint density at radius 3 is 2.58 bits per heavy atom. The number of nitrogens with zero attached hydrogens (tertiary/aromatic N) is 7. The topological polar surface area (TPSA) is 80.0 Å². The number of anilines is 1. The van der Waals surface area contributed by atoms with Crippen molar-refractivity contribution in [2.24, 2.45) is 0 Å². The van der Waals surface area contributed by atoms with Crippen LogP contribution in [0.5, 0.6) is 0 Å². The molecule has 0 bridgehead atoms. The molecule has 0 aliphatic carbocycles. The van der Waals surface area contributed by atoms with E-state index in [2.05, 4.69) is 25.2 Å². The minimum absolute atomic E-state index is 0.0118. The van der Waals surface area contributed by atoms with Crippen molar-refractivity contribution in [3.05, 3.63) is 46.9 Å². The zero-order chi connectivity index (χ0) is 18.1. The summed E-state index contributed by atoms with van der Waals surface area (Å²) in [6, 6.07) is 5.63. The van der Waals surface area contributed by atoms with E-state index in [0.717, 1.165) is 28.9 Å². The van der Waals surface area contributed by atoms with Gasteiger partial charge in [-0.1, -0.05) is 17.4 Å². The van der Waals surface area contributed by atoms with E-state index in [1.54, 1.807) is 28.4 Å². The molecule has 1 aliphatic rings. The van der Waals surface area contributed by atoms with Gasteiger partial charge in [-0.3, -0.25) is 4.79 Å². The molecule has 3 aromatic rings. The van der Waals surface area contributed by atoms with Crippen LogP contribution in [0, 0.1) is 13.8 Å². The third-order valence-electron chi connectivity index (χ3n) is 4.46. The fourth-order valence-electron chi connectivity index (χ4n) is 3.01. The van der Waals surface area contributed by atoms with Gasteiger partial charge in [0.05, 0.1) is 17.5 Å². The molecule has 4 heterocycles. The Kier molecular flexibility index (Phi) is 4.37. The highest BCUT2D eigenvalue weighted by Gasteiger charge is 2.26. The number of rotatable bonds is 3. The first-order valence-electron chi connectivity index (χ1n) is 8.44. The molecule has 3 aromatic heterocycles. The number of hydrogen-bond acceptors (Lipinski definition) is 7. The Balaban J connectivity index is 1.47. The Morgan fingerprint density at radius 2 is 1.92 bits per heavy atom. The second-order valence-corrected chi connectivity index (χ2v) is 7.29. The molecule has 0 aromatic carbocycles. The number of hydrogen-bond donors (Lipinski definition) is 0. The van der Waals surface area contributed by atoms with Gasteiger partial charge in [-0.05, 0) is 26.0 Å². The van der Waals surface area contributed by atoms with E-state index in [1.165, 1.54) is 0 Å². The predicted octanol–water partition coefficient (Wildman–Crippen LogP) is 1.70. The molecule has 0 radical (unpaired) electrons. The van der Waals surface area contributed by atoms with Crippen LogP contribution in [-0.4, -0.2) is 61.9 Å². The normalized spacial score (nSPS) is 14.7. The standard InChI is InChI=1S/C17H19N7OS/c1-12-14(11-19-24(12)15-5-3-4-6-18-15)16(25)22-7-9-23(10-8-22)17-21-20-13(2)26-17/h3-6,11H,7-10H2,1-2H3. The maximum atomic E-state index is 12.9. The monoisotopic (exact) mass is 369 g/mol. The summed E-state index contributed by atoms with van der Waals surface area (Å²) in [5.74, 6) is 0.721. The molecule has 4 rings (SSSR count). The molecule has 1 fully saturated rings. The summed E-state index contributed by atoms with van der Waals surface area (Å²) in [4.78, 5) is 21.3. The minimum Gasteiger partial charge on any atom is -0.343 e. The van der Waals surface area contributed by atoms with Crippen molar-refractivity contribution in [1.29, 1.82) is 0 Å². The van der Waals surface area contributed by atoms with Crippen LogP contribution in [0.25, 0.3) is 5.82 Å². The molecule has 8 nitrogen and oxygen atoms in total. The highest BCUT2D eigenvalue weighted by molar-refractivity contribution is 7.15. The summed E-state index contributed by atoms with van der Waals surface area (Å²) in [5, 5.41) is 14.5. The van der Waals surface area contributed by atoms with E-state index in [4.69, 9.17) is 0 Å². The van der Waals surface area contributed by atoms with Gasteiger partial charge in [-0.25, -0.2) is 9.67 Å². The lowest BCUT2D eigenvalue weighted by Crippen LogP contribution is -2.48. The van der Waals surface area contributed by atoms with E-state index in [9.17, 15) is 4.79 Å². The third-order valence-corrected chi connectivity index (χ3v) is 5.36. The smallest absolute Gasteiger partial charge is 0.257 e. The molecule has 0 N–H and O–H groups in total. The van der Waals surface area contributed by atoms with Crippen LogP contribution >= 0.6 is 11.3 Å². The first kappa shape index (κ1) is 16.6. The quantitative estimate of drug-likeness (QED) is 0.699. The largest absolute Gasteiger partial charge is 0.343 e. The van der Waals surface area contributed by atoms with Gasteiger partial charge in [-0.2, -0.15) is 5.10 Å². The Bertz CT molecular complexity index is 912. The Hall–Kier alpha value is -2.81. The maximum absolute atomic E-state index is 12.9. The van der Waals surface area contributed by atoms with Crippen molar-refractivity contribution in [1.82, 2.24) is 29.9 Å². The third kappa shape index (κ3) is 3.05. The van der Waals surface area contributed by atoms with Crippen LogP contribution in [0.15, 0.2) is 30.6 Å². The molecule has 134 valence electrons. The summed E-state index contributed by atoms with van der Waals surface area (Å²) in [5.41, 5.74) is 1.42. The van der Waals surface area contributed by atoms with Gasteiger partial charge in [-0.15, -0.1) is 10.2 Å². The lowest BCUT2D eigenvalue weighted by atomic mass is 10.2. The summed E-state index contributed by atoms with van der Waals surface area (Å²) < 4.78 is 1.70. The molecule has 26 heavy (non-hydrogen) atoms. The highest BCUT2D eigenvalue weighted by atomic mass is 32.1. The van der Waals surface area contributed by atoms with E-state index in [-0.39, 0.29) is 5.91 Å². The van der Waals surface area contributed by atoms with Gasteiger partial charge in [0.2, 0.25) is 5.13 Å². The van der Waals surface area contributed by atoms with Crippen molar-refractivity contribution in [2.75, 3.05) is 31.1 Å². The van der Waals surface area contributed by atoms with Gasteiger partial charge in [0.15, 0.2) is 5.82 Å². The van der Waals surface area contributed by atoms with E-state index < -0.39 is 0 Å². The lowest BCUT2D eigenvalue weighted by molar-refractivity contribution is 0.0746. The number of carbonyl (C=O) groups excluding carboxylic acids is 1. The summed E-state index contributed by atoms with van der Waals surface area (Å²) in [6.45, 7) is 6.68. The highest BCUT2D eigenvalue weighted by Crippen LogP contribution is 2.22. The van der Waals surface area contributed by atoms with Crippen molar-refractivity contribution in [3.8, 4) is 5.82 Å².